The molecule has 1 aromatic carbocycles. The maximum absolute atomic E-state index is 11.8. The maximum atomic E-state index is 11.8. The van der Waals surface area contributed by atoms with E-state index in [9.17, 15) is 14.7 Å². The minimum Gasteiger partial charge on any atom is -0.477 e. The molecule has 0 saturated heterocycles. The van der Waals surface area contributed by atoms with Crippen LogP contribution in [0.15, 0.2) is 42.1 Å². The highest BCUT2D eigenvalue weighted by Gasteiger charge is 2.27. The molecule has 0 radical (unpaired) electrons. The molecular weight excluding hydrogens is 294 g/mol. The van der Waals surface area contributed by atoms with Crippen molar-refractivity contribution in [3.63, 3.8) is 0 Å². The second-order valence-corrected chi connectivity index (χ2v) is 6.26. The van der Waals surface area contributed by atoms with Gasteiger partial charge in [-0.05, 0) is 29.9 Å². The first-order chi connectivity index (χ1) is 11.0. The van der Waals surface area contributed by atoms with Crippen LogP contribution in [0.4, 0.5) is 4.79 Å². The lowest BCUT2D eigenvalue weighted by Gasteiger charge is -2.30. The number of alkyl carbamates (subject to hydrolysis) is 1. The zero-order valence-electron chi connectivity index (χ0n) is 13.4. The molecule has 0 aromatic heterocycles. The lowest BCUT2D eigenvalue weighted by molar-refractivity contribution is -0.133. The van der Waals surface area contributed by atoms with Crippen LogP contribution in [0.1, 0.15) is 44.6 Å². The van der Waals surface area contributed by atoms with Crippen molar-refractivity contribution in [2.24, 2.45) is 5.41 Å². The van der Waals surface area contributed by atoms with E-state index < -0.39 is 12.1 Å². The minimum absolute atomic E-state index is 0.104. The number of carbonyl (C=O) groups is 2. The van der Waals surface area contributed by atoms with Gasteiger partial charge in [0.2, 0.25) is 0 Å². The van der Waals surface area contributed by atoms with Gasteiger partial charge in [-0.25, -0.2) is 9.59 Å². The van der Waals surface area contributed by atoms with E-state index in [-0.39, 0.29) is 17.7 Å². The molecule has 1 fully saturated rings. The van der Waals surface area contributed by atoms with E-state index in [2.05, 4.69) is 5.32 Å². The van der Waals surface area contributed by atoms with Crippen molar-refractivity contribution in [1.29, 1.82) is 0 Å². The van der Waals surface area contributed by atoms with Crippen molar-refractivity contribution >= 4 is 12.1 Å². The summed E-state index contributed by atoms with van der Waals surface area (Å²) >= 11 is 0. The second-order valence-electron chi connectivity index (χ2n) is 6.26. The zero-order valence-corrected chi connectivity index (χ0v) is 13.4. The molecule has 124 valence electrons. The monoisotopic (exact) mass is 317 g/mol. The van der Waals surface area contributed by atoms with Gasteiger partial charge < -0.3 is 9.84 Å². The number of hydrogen-bond acceptors (Lipinski definition) is 3. The van der Waals surface area contributed by atoms with Crippen molar-refractivity contribution in [2.75, 3.05) is 0 Å². The fraction of sp³-hybridized carbons (Fsp3) is 0.444. The Hall–Kier alpha value is -2.30. The molecular formula is C18H23NO4. The average molecular weight is 317 g/mol. The van der Waals surface area contributed by atoms with Crippen LogP contribution in [-0.2, 0) is 16.1 Å². The van der Waals surface area contributed by atoms with Crippen molar-refractivity contribution < 1.29 is 19.4 Å². The highest BCUT2D eigenvalue weighted by atomic mass is 16.5. The summed E-state index contributed by atoms with van der Waals surface area (Å²) in [6.45, 7) is 2.14. The van der Waals surface area contributed by atoms with Crippen molar-refractivity contribution in [3.8, 4) is 0 Å². The molecule has 1 amide bonds. The van der Waals surface area contributed by atoms with E-state index in [1.54, 1.807) is 6.08 Å². The Morgan fingerprint density at radius 2 is 1.87 bits per heavy atom. The predicted octanol–water partition coefficient (Wildman–Crippen LogP) is 3.85. The lowest BCUT2D eigenvalue weighted by Crippen LogP contribution is -2.30. The van der Waals surface area contributed by atoms with Crippen molar-refractivity contribution in [1.82, 2.24) is 5.32 Å². The summed E-state index contributed by atoms with van der Waals surface area (Å²) in [6.07, 6.45) is 6.13. The van der Waals surface area contributed by atoms with Crippen molar-refractivity contribution in [3.05, 3.63) is 47.7 Å². The summed E-state index contributed by atoms with van der Waals surface area (Å²) in [6, 6.07) is 9.25. The number of carboxylic acid groups (broad SMARTS) is 1. The van der Waals surface area contributed by atoms with Crippen LogP contribution in [0, 0.1) is 5.41 Å². The fourth-order valence-electron chi connectivity index (χ4n) is 2.87. The molecule has 1 aliphatic carbocycles. The summed E-state index contributed by atoms with van der Waals surface area (Å²) < 4.78 is 5.08. The van der Waals surface area contributed by atoms with Crippen LogP contribution in [0.2, 0.25) is 0 Å². The summed E-state index contributed by atoms with van der Waals surface area (Å²) in [5, 5.41) is 11.7. The molecule has 5 nitrogen and oxygen atoms in total. The second kappa shape index (κ2) is 7.81. The summed E-state index contributed by atoms with van der Waals surface area (Å²) in [5.41, 5.74) is 0.564. The number of hydrogen-bond donors (Lipinski definition) is 2. The van der Waals surface area contributed by atoms with E-state index in [4.69, 9.17) is 4.74 Å². The molecule has 0 bridgehead atoms. The highest BCUT2D eigenvalue weighted by molar-refractivity contribution is 5.90. The summed E-state index contributed by atoms with van der Waals surface area (Å²) in [4.78, 5) is 23.2. The molecule has 0 heterocycles. The first-order valence-electron chi connectivity index (χ1n) is 7.92. The number of amides is 1. The zero-order chi connectivity index (χ0) is 16.7. The summed E-state index contributed by atoms with van der Waals surface area (Å²) in [5.74, 6) is -1.14. The molecule has 0 atom stereocenters. The maximum Gasteiger partial charge on any atom is 0.412 e. The van der Waals surface area contributed by atoms with E-state index >= 15 is 0 Å². The Morgan fingerprint density at radius 1 is 1.22 bits per heavy atom. The number of nitrogens with one attached hydrogen (secondary N) is 1. The molecule has 2 rings (SSSR count). The van der Waals surface area contributed by atoms with E-state index in [1.165, 1.54) is 6.42 Å². The Labute approximate surface area is 136 Å². The Bertz CT molecular complexity index is 574. The number of rotatable bonds is 5. The van der Waals surface area contributed by atoms with Gasteiger partial charge in [0.1, 0.15) is 12.3 Å². The molecule has 0 unspecified atom stereocenters. The van der Waals surface area contributed by atoms with Gasteiger partial charge in [-0.2, -0.15) is 0 Å². The van der Waals surface area contributed by atoms with Gasteiger partial charge in [-0.1, -0.05) is 56.5 Å². The van der Waals surface area contributed by atoms with E-state index in [1.807, 2.05) is 37.3 Å². The fourth-order valence-corrected chi connectivity index (χ4v) is 2.87. The quantitative estimate of drug-likeness (QED) is 0.809. The van der Waals surface area contributed by atoms with E-state index in [0.29, 0.717) is 0 Å². The molecule has 1 aliphatic rings. The third-order valence-corrected chi connectivity index (χ3v) is 4.17. The molecule has 2 N–H and O–H groups in total. The van der Waals surface area contributed by atoms with Crippen molar-refractivity contribution in [2.45, 2.75) is 45.6 Å². The number of benzene rings is 1. The van der Waals surface area contributed by atoms with Gasteiger partial charge in [0.15, 0.2) is 0 Å². The molecule has 0 aliphatic heterocycles. The number of carbonyl (C=O) groups excluding carboxylic acids is 1. The Morgan fingerprint density at radius 3 is 2.48 bits per heavy atom. The van der Waals surface area contributed by atoms with E-state index in [0.717, 1.165) is 31.2 Å². The average Bonchev–Trinajstić information content (AvgIpc) is 2.54. The first-order valence-corrected chi connectivity index (χ1v) is 7.92. The number of ether oxygens (including phenoxy) is 1. The topological polar surface area (TPSA) is 75.6 Å². The van der Waals surface area contributed by atoms with Crippen LogP contribution < -0.4 is 5.32 Å². The predicted molar refractivity (Wildman–Crippen MR) is 86.7 cm³/mol. The lowest BCUT2D eigenvalue weighted by atomic mass is 9.75. The third-order valence-electron chi connectivity index (χ3n) is 4.17. The largest absolute Gasteiger partial charge is 0.477 e. The van der Waals surface area contributed by atoms with Gasteiger partial charge in [-0.15, -0.1) is 0 Å². The minimum atomic E-state index is -1.14. The van der Waals surface area contributed by atoms with Crippen LogP contribution in [0.25, 0.3) is 0 Å². The van der Waals surface area contributed by atoms with Gasteiger partial charge in [0, 0.05) is 0 Å². The third kappa shape index (κ3) is 5.43. The van der Waals surface area contributed by atoms with Crippen LogP contribution in [-0.4, -0.2) is 17.2 Å². The normalized spacial score (nSPS) is 17.3. The first kappa shape index (κ1) is 17.1. The van der Waals surface area contributed by atoms with Crippen LogP contribution in [0.3, 0.4) is 0 Å². The molecule has 1 saturated carbocycles. The SMILES string of the molecule is CC1(C=C(NC(=O)OCc2ccccc2)C(=O)O)CCCCC1. The Kier molecular flexibility index (Phi) is 5.79. The summed E-state index contributed by atoms with van der Waals surface area (Å²) in [7, 11) is 0. The number of aliphatic carboxylic acids is 1. The molecule has 5 heteroatoms. The Balaban J connectivity index is 1.96. The van der Waals surface area contributed by atoms with Gasteiger partial charge in [0.25, 0.3) is 0 Å². The van der Waals surface area contributed by atoms with Gasteiger partial charge >= 0.3 is 12.1 Å². The molecule has 1 aromatic rings. The standard InChI is InChI=1S/C18H23NO4/c1-18(10-6-3-7-11-18)12-15(16(20)21)19-17(22)23-13-14-8-4-2-5-9-14/h2,4-5,8-9,12H,3,6-7,10-11,13H2,1H3,(H,19,22)(H,20,21). The van der Waals surface area contributed by atoms with Gasteiger partial charge in [-0.3, -0.25) is 5.32 Å². The number of allylic oxidation sites excluding steroid dienone is 1. The molecule has 0 spiro atoms. The number of carboxylic acids is 1. The smallest absolute Gasteiger partial charge is 0.412 e. The molecule has 23 heavy (non-hydrogen) atoms. The van der Waals surface area contributed by atoms with Crippen LogP contribution >= 0.6 is 0 Å². The van der Waals surface area contributed by atoms with Crippen LogP contribution in [0.5, 0.6) is 0 Å². The highest BCUT2D eigenvalue weighted by Crippen LogP contribution is 2.37. The van der Waals surface area contributed by atoms with Gasteiger partial charge in [0.05, 0.1) is 0 Å².